The lowest BCUT2D eigenvalue weighted by atomic mass is 10.2. The van der Waals surface area contributed by atoms with Crippen molar-refractivity contribution in [2.45, 2.75) is 17.9 Å². The number of nitrogens with zero attached hydrogens (tertiary/aromatic N) is 2. The number of nitrogens with one attached hydrogen (secondary N) is 2. The summed E-state index contributed by atoms with van der Waals surface area (Å²) in [7, 11) is 0.199. The lowest BCUT2D eigenvalue weighted by Gasteiger charge is -2.11. The molecule has 3 rings (SSSR count). The van der Waals surface area contributed by atoms with Crippen LogP contribution in [0.3, 0.4) is 0 Å². The van der Waals surface area contributed by atoms with Gasteiger partial charge in [0.25, 0.3) is 5.91 Å². The SMILES string of the molecule is CN=S1(=O)N[C@@H](C)C=Cc2c1cn(C)c2C(=O)Nc1ccc(F)c(F)c1.S. The molecule has 27 heavy (non-hydrogen) atoms. The molecule has 1 unspecified atom stereocenters. The number of hydrogen-bond donors (Lipinski definition) is 2. The molecule has 2 heterocycles. The molecule has 6 nitrogen and oxygen atoms in total. The molecule has 2 aromatic rings. The van der Waals surface area contributed by atoms with E-state index >= 15 is 0 Å². The van der Waals surface area contributed by atoms with Crippen molar-refractivity contribution in [3.8, 4) is 0 Å². The van der Waals surface area contributed by atoms with Gasteiger partial charge < -0.3 is 9.88 Å². The van der Waals surface area contributed by atoms with Crippen LogP contribution < -0.4 is 10.0 Å². The Labute approximate surface area is 163 Å². The summed E-state index contributed by atoms with van der Waals surface area (Å²) in [5, 5.41) is 2.54. The Morgan fingerprint density at radius 2 is 2.04 bits per heavy atom. The Bertz CT molecular complexity index is 1040. The van der Waals surface area contributed by atoms with E-state index in [0.717, 1.165) is 12.1 Å². The zero-order valence-electron chi connectivity index (χ0n) is 14.9. The predicted molar refractivity (Wildman–Crippen MR) is 106 cm³/mol. The minimum Gasteiger partial charge on any atom is -0.345 e. The molecule has 0 saturated heterocycles. The molecule has 1 aliphatic rings. The zero-order chi connectivity index (χ0) is 19.1. The summed E-state index contributed by atoms with van der Waals surface area (Å²) in [6.45, 7) is 1.83. The van der Waals surface area contributed by atoms with Crippen molar-refractivity contribution < 1.29 is 17.8 Å². The largest absolute Gasteiger partial charge is 0.345 e. The van der Waals surface area contributed by atoms with Crippen molar-refractivity contribution in [3.63, 3.8) is 0 Å². The van der Waals surface area contributed by atoms with Gasteiger partial charge in [-0.25, -0.2) is 22.1 Å². The molecule has 2 N–H and O–H groups in total. The van der Waals surface area contributed by atoms with E-state index in [-0.39, 0.29) is 30.9 Å². The molecule has 1 aliphatic heterocycles. The van der Waals surface area contributed by atoms with E-state index in [0.29, 0.717) is 10.5 Å². The van der Waals surface area contributed by atoms with Gasteiger partial charge >= 0.3 is 0 Å². The van der Waals surface area contributed by atoms with Crippen LogP contribution in [0.15, 0.2) is 39.7 Å². The van der Waals surface area contributed by atoms with E-state index in [4.69, 9.17) is 0 Å². The molecule has 2 atom stereocenters. The van der Waals surface area contributed by atoms with Gasteiger partial charge in [-0.1, -0.05) is 12.2 Å². The zero-order valence-corrected chi connectivity index (χ0v) is 16.7. The van der Waals surface area contributed by atoms with Gasteiger partial charge in [0.2, 0.25) is 0 Å². The van der Waals surface area contributed by atoms with Crippen LogP contribution in [0.5, 0.6) is 0 Å². The van der Waals surface area contributed by atoms with Crippen LogP contribution in [0.4, 0.5) is 14.5 Å². The molecule has 0 radical (unpaired) electrons. The van der Waals surface area contributed by atoms with E-state index in [2.05, 4.69) is 14.4 Å². The van der Waals surface area contributed by atoms with Crippen LogP contribution in [0.2, 0.25) is 0 Å². The average molecular weight is 415 g/mol. The number of halogens is 2. The molecule has 1 aromatic heterocycles. The maximum atomic E-state index is 13.4. The van der Waals surface area contributed by atoms with Crippen LogP contribution in [-0.2, 0) is 17.0 Å². The van der Waals surface area contributed by atoms with Gasteiger partial charge in [-0.3, -0.25) is 4.79 Å². The molecule has 0 saturated carbocycles. The van der Waals surface area contributed by atoms with Crippen molar-refractivity contribution in [1.82, 2.24) is 9.29 Å². The standard InChI is InChI=1S/C17H18F2N4O2S.H2S/c1-10-4-6-12-15(26(25,20-2)22-10)9-23(3)16(12)17(24)21-11-5-7-13(18)14(19)8-11;/h4-10H,1-3H3,(H,21,24)(H,20,22,25);1H2/t10-,26?;/m0./s1. The Kier molecular flexibility index (Phi) is 6.13. The van der Waals surface area contributed by atoms with E-state index < -0.39 is 27.5 Å². The van der Waals surface area contributed by atoms with E-state index in [1.165, 1.54) is 17.7 Å². The predicted octanol–water partition coefficient (Wildman–Crippen LogP) is 3.05. The van der Waals surface area contributed by atoms with Gasteiger partial charge in [0.15, 0.2) is 11.6 Å². The molecule has 1 amide bonds. The number of aromatic nitrogens is 1. The highest BCUT2D eigenvalue weighted by Crippen LogP contribution is 2.28. The Morgan fingerprint density at radius 1 is 1.33 bits per heavy atom. The fourth-order valence-electron chi connectivity index (χ4n) is 2.79. The number of amides is 1. The van der Waals surface area contributed by atoms with Crippen LogP contribution in [-0.4, -0.2) is 27.8 Å². The van der Waals surface area contributed by atoms with Crippen LogP contribution in [0.25, 0.3) is 6.08 Å². The molecule has 0 fully saturated rings. The van der Waals surface area contributed by atoms with Crippen molar-refractivity contribution in [2.24, 2.45) is 11.4 Å². The average Bonchev–Trinajstić information content (AvgIpc) is 2.87. The van der Waals surface area contributed by atoms with Gasteiger partial charge in [0.1, 0.15) is 15.6 Å². The summed E-state index contributed by atoms with van der Waals surface area (Å²) < 4.78 is 48.0. The molecule has 0 bridgehead atoms. The third-order valence-electron chi connectivity index (χ3n) is 4.03. The van der Waals surface area contributed by atoms with Gasteiger partial charge in [-0.15, -0.1) is 0 Å². The fourth-order valence-corrected chi connectivity index (χ4v) is 4.57. The minimum absolute atomic E-state index is 0. The molecule has 0 aliphatic carbocycles. The highest BCUT2D eigenvalue weighted by Gasteiger charge is 2.28. The Balaban J connectivity index is 0.00000261. The first kappa shape index (κ1) is 21.1. The maximum Gasteiger partial charge on any atom is 0.272 e. The minimum atomic E-state index is -2.89. The summed E-state index contributed by atoms with van der Waals surface area (Å²) in [6, 6.07) is 2.90. The second-order valence-corrected chi connectivity index (χ2v) is 8.02. The summed E-state index contributed by atoms with van der Waals surface area (Å²) in [5.74, 6) is -2.58. The summed E-state index contributed by atoms with van der Waals surface area (Å²) in [4.78, 5) is 13.1. The molecular weight excluding hydrogens is 394 g/mol. The van der Waals surface area contributed by atoms with Crippen molar-refractivity contribution in [1.29, 1.82) is 0 Å². The van der Waals surface area contributed by atoms with E-state index in [9.17, 15) is 17.8 Å². The van der Waals surface area contributed by atoms with E-state index in [1.54, 1.807) is 25.4 Å². The number of anilines is 1. The molecular formula is C17H20F2N4O2S2. The third kappa shape index (κ3) is 3.92. The summed E-state index contributed by atoms with van der Waals surface area (Å²) >= 11 is 0. The smallest absolute Gasteiger partial charge is 0.272 e. The molecule has 146 valence electrons. The quantitative estimate of drug-likeness (QED) is 0.793. The first-order valence-corrected chi connectivity index (χ1v) is 9.33. The highest BCUT2D eigenvalue weighted by atomic mass is 32.2. The fraction of sp³-hybridized carbons (Fsp3) is 0.235. The number of benzene rings is 1. The summed E-state index contributed by atoms with van der Waals surface area (Å²) in [6.07, 6.45) is 5.08. The second-order valence-electron chi connectivity index (χ2n) is 5.92. The number of fused-ring (bicyclic) bond motifs is 1. The number of carbonyl (C=O) groups is 1. The topological polar surface area (TPSA) is 75.5 Å². The molecule has 10 heteroatoms. The number of rotatable bonds is 2. The Hall–Kier alpha value is -2.17. The molecule has 1 aromatic carbocycles. The van der Waals surface area contributed by atoms with Crippen molar-refractivity contribution in [3.05, 3.63) is 53.4 Å². The van der Waals surface area contributed by atoms with Gasteiger partial charge in [-0.2, -0.15) is 13.5 Å². The van der Waals surface area contributed by atoms with Crippen molar-refractivity contribution in [2.75, 3.05) is 12.4 Å². The maximum absolute atomic E-state index is 13.4. The normalized spacial score (nSPS) is 21.0. The first-order valence-electron chi connectivity index (χ1n) is 7.81. The number of aryl methyl sites for hydroxylation is 1. The summed E-state index contributed by atoms with van der Waals surface area (Å²) in [5.41, 5.74) is 0.835. The van der Waals surface area contributed by atoms with Crippen LogP contribution in [0.1, 0.15) is 23.0 Å². The lowest BCUT2D eigenvalue weighted by molar-refractivity contribution is 0.101. The highest BCUT2D eigenvalue weighted by molar-refractivity contribution is 7.91. The van der Waals surface area contributed by atoms with Crippen LogP contribution >= 0.6 is 13.5 Å². The van der Waals surface area contributed by atoms with E-state index in [1.807, 2.05) is 6.92 Å². The monoisotopic (exact) mass is 414 g/mol. The van der Waals surface area contributed by atoms with Crippen LogP contribution in [0, 0.1) is 11.6 Å². The number of carbonyl (C=O) groups excluding carboxylic acids is 1. The second kappa shape index (κ2) is 7.83. The van der Waals surface area contributed by atoms with Gasteiger partial charge in [0.05, 0.1) is 4.90 Å². The lowest BCUT2D eigenvalue weighted by Crippen LogP contribution is -2.29. The first-order chi connectivity index (χ1) is 12.2. The van der Waals surface area contributed by atoms with Gasteiger partial charge in [0, 0.05) is 43.7 Å². The van der Waals surface area contributed by atoms with Gasteiger partial charge in [-0.05, 0) is 19.1 Å². The Morgan fingerprint density at radius 3 is 2.67 bits per heavy atom. The van der Waals surface area contributed by atoms with Crippen molar-refractivity contribution >= 4 is 41.1 Å². The molecule has 0 spiro atoms. The third-order valence-corrected chi connectivity index (χ3v) is 6.16. The number of hydrogen-bond acceptors (Lipinski definition) is 3.